The Kier molecular flexibility index (Phi) is 3.39. The molecule has 4 heteroatoms. The number of nitrogens with two attached hydrogens (primary N) is 1. The summed E-state index contributed by atoms with van der Waals surface area (Å²) in [5, 5.41) is 0. The summed E-state index contributed by atoms with van der Waals surface area (Å²) >= 11 is 0. The monoisotopic (exact) mass is 251 g/mol. The summed E-state index contributed by atoms with van der Waals surface area (Å²) < 4.78 is 39.3. The second kappa shape index (κ2) is 4.82. The van der Waals surface area contributed by atoms with E-state index in [1.165, 1.54) is 18.2 Å². The molecule has 0 amide bonds. The highest BCUT2D eigenvalue weighted by Crippen LogP contribution is 2.29. The van der Waals surface area contributed by atoms with Gasteiger partial charge in [0.2, 0.25) is 0 Å². The van der Waals surface area contributed by atoms with Crippen LogP contribution in [0.2, 0.25) is 0 Å². The van der Waals surface area contributed by atoms with Crippen LogP contribution in [0.1, 0.15) is 18.5 Å². The topological polar surface area (TPSA) is 26.0 Å². The van der Waals surface area contributed by atoms with Crippen LogP contribution in [0.15, 0.2) is 36.4 Å². The van der Waals surface area contributed by atoms with Crippen molar-refractivity contribution < 1.29 is 13.2 Å². The van der Waals surface area contributed by atoms with E-state index in [9.17, 15) is 13.2 Å². The molecule has 0 aromatic heterocycles. The van der Waals surface area contributed by atoms with Crippen molar-refractivity contribution >= 4 is 0 Å². The first-order valence-corrected chi connectivity index (χ1v) is 5.49. The molecule has 1 atom stereocenters. The van der Waals surface area contributed by atoms with Crippen molar-refractivity contribution in [2.24, 2.45) is 5.73 Å². The van der Waals surface area contributed by atoms with Gasteiger partial charge in [0.15, 0.2) is 11.6 Å². The summed E-state index contributed by atoms with van der Waals surface area (Å²) in [6.07, 6.45) is 0. The largest absolute Gasteiger partial charge is 0.324 e. The van der Waals surface area contributed by atoms with Crippen LogP contribution in [-0.4, -0.2) is 0 Å². The molecule has 2 aromatic rings. The van der Waals surface area contributed by atoms with Crippen LogP contribution in [0.3, 0.4) is 0 Å². The molecule has 1 nitrogen and oxygen atoms in total. The molecular weight excluding hydrogens is 239 g/mol. The van der Waals surface area contributed by atoms with E-state index in [4.69, 9.17) is 5.73 Å². The lowest BCUT2D eigenvalue weighted by molar-refractivity contribution is 0.509. The van der Waals surface area contributed by atoms with Crippen molar-refractivity contribution in [1.82, 2.24) is 0 Å². The molecule has 2 aromatic carbocycles. The molecule has 0 aliphatic heterocycles. The SMILES string of the molecule is CC(N)c1ccc(F)cc1-c1ccc(F)c(F)c1. The van der Waals surface area contributed by atoms with Gasteiger partial charge in [-0.3, -0.25) is 0 Å². The van der Waals surface area contributed by atoms with Crippen molar-refractivity contribution in [3.63, 3.8) is 0 Å². The van der Waals surface area contributed by atoms with Gasteiger partial charge in [-0.05, 0) is 47.9 Å². The maximum atomic E-state index is 13.3. The first-order valence-electron chi connectivity index (χ1n) is 5.49. The zero-order valence-corrected chi connectivity index (χ0v) is 9.75. The summed E-state index contributed by atoms with van der Waals surface area (Å²) in [5.41, 5.74) is 7.34. The molecule has 0 aliphatic rings. The fourth-order valence-corrected chi connectivity index (χ4v) is 1.84. The predicted octanol–water partition coefficient (Wildman–Crippen LogP) is 3.79. The summed E-state index contributed by atoms with van der Waals surface area (Å²) in [6.45, 7) is 1.75. The molecule has 0 heterocycles. The summed E-state index contributed by atoms with van der Waals surface area (Å²) in [7, 11) is 0. The molecule has 94 valence electrons. The van der Waals surface area contributed by atoms with E-state index in [1.54, 1.807) is 13.0 Å². The fraction of sp³-hybridized carbons (Fsp3) is 0.143. The van der Waals surface area contributed by atoms with Gasteiger partial charge in [0, 0.05) is 6.04 Å². The van der Waals surface area contributed by atoms with Crippen LogP contribution >= 0.6 is 0 Å². The molecular formula is C14H12F3N. The van der Waals surface area contributed by atoms with E-state index in [2.05, 4.69) is 0 Å². The molecule has 0 spiro atoms. The number of halogens is 3. The minimum Gasteiger partial charge on any atom is -0.324 e. The highest BCUT2D eigenvalue weighted by atomic mass is 19.2. The zero-order chi connectivity index (χ0) is 13.3. The second-order valence-corrected chi connectivity index (χ2v) is 4.15. The molecule has 0 fully saturated rings. The third kappa shape index (κ3) is 2.38. The van der Waals surface area contributed by atoms with Gasteiger partial charge >= 0.3 is 0 Å². The van der Waals surface area contributed by atoms with Crippen LogP contribution in [0.25, 0.3) is 11.1 Å². The Morgan fingerprint density at radius 1 is 0.944 bits per heavy atom. The van der Waals surface area contributed by atoms with Crippen molar-refractivity contribution in [2.75, 3.05) is 0 Å². The predicted molar refractivity (Wildman–Crippen MR) is 64.4 cm³/mol. The number of rotatable bonds is 2. The molecule has 0 radical (unpaired) electrons. The van der Waals surface area contributed by atoms with E-state index >= 15 is 0 Å². The van der Waals surface area contributed by atoms with E-state index in [-0.39, 0.29) is 6.04 Å². The standard InChI is InChI=1S/C14H12F3N/c1-8(18)11-4-3-10(15)7-12(11)9-2-5-13(16)14(17)6-9/h2-8H,18H2,1H3. The second-order valence-electron chi connectivity index (χ2n) is 4.15. The van der Waals surface area contributed by atoms with Gasteiger partial charge in [-0.25, -0.2) is 13.2 Å². The average molecular weight is 251 g/mol. The van der Waals surface area contributed by atoms with E-state index in [1.807, 2.05) is 0 Å². The quantitative estimate of drug-likeness (QED) is 0.863. The number of benzene rings is 2. The van der Waals surface area contributed by atoms with Crippen molar-refractivity contribution in [3.05, 3.63) is 59.4 Å². The van der Waals surface area contributed by atoms with Gasteiger partial charge in [-0.1, -0.05) is 12.1 Å². The van der Waals surface area contributed by atoms with Crippen molar-refractivity contribution in [3.8, 4) is 11.1 Å². The molecule has 1 unspecified atom stereocenters. The molecule has 18 heavy (non-hydrogen) atoms. The Hall–Kier alpha value is -1.81. The highest BCUT2D eigenvalue weighted by Gasteiger charge is 2.12. The Labute approximate surface area is 103 Å². The van der Waals surface area contributed by atoms with Gasteiger partial charge in [0.1, 0.15) is 5.82 Å². The normalized spacial score (nSPS) is 12.5. The van der Waals surface area contributed by atoms with Crippen LogP contribution in [-0.2, 0) is 0 Å². The molecule has 0 saturated heterocycles. The van der Waals surface area contributed by atoms with E-state index < -0.39 is 17.5 Å². The fourth-order valence-electron chi connectivity index (χ4n) is 1.84. The molecule has 0 aliphatic carbocycles. The average Bonchev–Trinajstić information content (AvgIpc) is 2.32. The smallest absolute Gasteiger partial charge is 0.159 e. The van der Waals surface area contributed by atoms with Crippen molar-refractivity contribution in [2.45, 2.75) is 13.0 Å². The van der Waals surface area contributed by atoms with Crippen LogP contribution in [0, 0.1) is 17.5 Å². The van der Waals surface area contributed by atoms with Gasteiger partial charge in [-0.15, -0.1) is 0 Å². The third-order valence-corrected chi connectivity index (χ3v) is 2.74. The Morgan fingerprint density at radius 2 is 1.67 bits per heavy atom. The van der Waals surface area contributed by atoms with Crippen LogP contribution in [0.5, 0.6) is 0 Å². The number of hydrogen-bond donors (Lipinski definition) is 1. The lowest BCUT2D eigenvalue weighted by Gasteiger charge is -2.13. The molecule has 0 saturated carbocycles. The van der Waals surface area contributed by atoms with Gasteiger partial charge < -0.3 is 5.73 Å². The van der Waals surface area contributed by atoms with Crippen LogP contribution < -0.4 is 5.73 Å². The lowest BCUT2D eigenvalue weighted by atomic mass is 9.95. The Morgan fingerprint density at radius 3 is 2.28 bits per heavy atom. The van der Waals surface area contributed by atoms with E-state index in [0.29, 0.717) is 16.7 Å². The minimum absolute atomic E-state index is 0.325. The third-order valence-electron chi connectivity index (χ3n) is 2.74. The van der Waals surface area contributed by atoms with Gasteiger partial charge in [0.25, 0.3) is 0 Å². The Balaban J connectivity index is 2.61. The number of hydrogen-bond acceptors (Lipinski definition) is 1. The first kappa shape index (κ1) is 12.6. The van der Waals surface area contributed by atoms with E-state index in [0.717, 1.165) is 12.1 Å². The summed E-state index contributed by atoms with van der Waals surface area (Å²) in [6, 6.07) is 7.24. The van der Waals surface area contributed by atoms with Crippen LogP contribution in [0.4, 0.5) is 13.2 Å². The molecule has 2 rings (SSSR count). The Bertz CT molecular complexity index is 579. The summed E-state index contributed by atoms with van der Waals surface area (Å²) in [4.78, 5) is 0. The lowest BCUT2D eigenvalue weighted by Crippen LogP contribution is -2.07. The van der Waals surface area contributed by atoms with Gasteiger partial charge in [0.05, 0.1) is 0 Å². The zero-order valence-electron chi connectivity index (χ0n) is 9.75. The first-order chi connectivity index (χ1) is 8.49. The maximum Gasteiger partial charge on any atom is 0.159 e. The minimum atomic E-state index is -0.965. The van der Waals surface area contributed by atoms with Gasteiger partial charge in [-0.2, -0.15) is 0 Å². The highest BCUT2D eigenvalue weighted by molar-refractivity contribution is 5.68. The maximum absolute atomic E-state index is 13.3. The molecule has 0 bridgehead atoms. The summed E-state index contributed by atoms with van der Waals surface area (Å²) in [5.74, 6) is -2.34. The van der Waals surface area contributed by atoms with Crippen molar-refractivity contribution in [1.29, 1.82) is 0 Å². The molecule has 2 N–H and O–H groups in total.